The third-order valence-electron chi connectivity index (χ3n) is 3.67. The summed E-state index contributed by atoms with van der Waals surface area (Å²) in [5.74, 6) is 1.20. The number of carbonyl (C=O) groups is 2. The summed E-state index contributed by atoms with van der Waals surface area (Å²) in [4.78, 5) is 23.6. The lowest BCUT2D eigenvalue weighted by molar-refractivity contribution is -0.114. The lowest BCUT2D eigenvalue weighted by Gasteiger charge is -2.14. The molecule has 0 unspecified atom stereocenters. The van der Waals surface area contributed by atoms with E-state index in [2.05, 4.69) is 10.6 Å². The van der Waals surface area contributed by atoms with E-state index in [0.717, 1.165) is 5.56 Å². The molecule has 0 fully saturated rings. The summed E-state index contributed by atoms with van der Waals surface area (Å²) in [5, 5.41) is 5.48. The first-order chi connectivity index (χ1) is 12.5. The van der Waals surface area contributed by atoms with Crippen molar-refractivity contribution in [2.45, 2.75) is 13.5 Å². The van der Waals surface area contributed by atoms with Gasteiger partial charge in [-0.1, -0.05) is 6.07 Å². The predicted octanol–water partition coefficient (Wildman–Crippen LogP) is 2.60. The molecule has 0 radical (unpaired) electrons. The standard InChI is InChI=1S/C19H22N2O5/c1-12(22)21-15-7-5-6-13(8-15)19(23)20-11-14-9-17(25-3)18(26-4)10-16(14)24-2/h5-10H,11H2,1-4H3,(H,20,23)(H,21,22). The van der Waals surface area contributed by atoms with Gasteiger partial charge in [-0.3, -0.25) is 9.59 Å². The highest BCUT2D eigenvalue weighted by molar-refractivity contribution is 5.96. The molecule has 7 nitrogen and oxygen atoms in total. The molecule has 2 N–H and O–H groups in total. The van der Waals surface area contributed by atoms with E-state index in [0.29, 0.717) is 28.5 Å². The number of carbonyl (C=O) groups excluding carboxylic acids is 2. The zero-order valence-electron chi connectivity index (χ0n) is 15.2. The van der Waals surface area contributed by atoms with Crippen LogP contribution in [0, 0.1) is 0 Å². The Morgan fingerprint density at radius 3 is 2.19 bits per heavy atom. The minimum atomic E-state index is -0.269. The number of anilines is 1. The van der Waals surface area contributed by atoms with Gasteiger partial charge in [-0.25, -0.2) is 0 Å². The van der Waals surface area contributed by atoms with E-state index >= 15 is 0 Å². The van der Waals surface area contributed by atoms with Crippen molar-refractivity contribution in [2.75, 3.05) is 26.6 Å². The van der Waals surface area contributed by atoms with E-state index in [1.807, 2.05) is 0 Å². The lowest BCUT2D eigenvalue weighted by atomic mass is 10.1. The molecule has 0 aromatic heterocycles. The van der Waals surface area contributed by atoms with Crippen LogP contribution in [0.25, 0.3) is 0 Å². The van der Waals surface area contributed by atoms with Crippen molar-refractivity contribution < 1.29 is 23.8 Å². The Morgan fingerprint density at radius 2 is 1.58 bits per heavy atom. The SMILES string of the molecule is COc1cc(OC)c(OC)cc1CNC(=O)c1cccc(NC(C)=O)c1. The fourth-order valence-corrected chi connectivity index (χ4v) is 2.45. The van der Waals surface area contributed by atoms with Crippen molar-refractivity contribution in [2.24, 2.45) is 0 Å². The Hall–Kier alpha value is -3.22. The Kier molecular flexibility index (Phi) is 6.43. The van der Waals surface area contributed by atoms with Crippen molar-refractivity contribution in [3.63, 3.8) is 0 Å². The van der Waals surface area contributed by atoms with E-state index in [4.69, 9.17) is 14.2 Å². The maximum absolute atomic E-state index is 12.4. The predicted molar refractivity (Wildman–Crippen MR) is 98.0 cm³/mol. The number of benzene rings is 2. The van der Waals surface area contributed by atoms with Gasteiger partial charge in [0.25, 0.3) is 5.91 Å². The molecule has 0 atom stereocenters. The monoisotopic (exact) mass is 358 g/mol. The molecule has 138 valence electrons. The summed E-state index contributed by atoms with van der Waals surface area (Å²) in [6.07, 6.45) is 0. The molecule has 0 spiro atoms. The smallest absolute Gasteiger partial charge is 0.251 e. The van der Waals surface area contributed by atoms with E-state index in [1.54, 1.807) is 57.7 Å². The number of rotatable bonds is 7. The quantitative estimate of drug-likeness (QED) is 0.795. The van der Waals surface area contributed by atoms with Crippen LogP contribution in [0.5, 0.6) is 17.2 Å². The summed E-state index contributed by atoms with van der Waals surface area (Å²) in [5.41, 5.74) is 1.75. The molecule has 26 heavy (non-hydrogen) atoms. The second-order valence-electron chi connectivity index (χ2n) is 5.46. The van der Waals surface area contributed by atoms with Gasteiger partial charge in [0.1, 0.15) is 5.75 Å². The van der Waals surface area contributed by atoms with Gasteiger partial charge < -0.3 is 24.8 Å². The Morgan fingerprint density at radius 1 is 0.923 bits per heavy atom. The van der Waals surface area contributed by atoms with Crippen molar-refractivity contribution in [3.8, 4) is 17.2 Å². The summed E-state index contributed by atoms with van der Waals surface area (Å²) in [6, 6.07) is 10.2. The maximum Gasteiger partial charge on any atom is 0.251 e. The Bertz CT molecular complexity index is 805. The number of hydrogen-bond donors (Lipinski definition) is 2. The Balaban J connectivity index is 2.15. The highest BCUT2D eigenvalue weighted by atomic mass is 16.5. The first-order valence-corrected chi connectivity index (χ1v) is 7.93. The molecule has 0 bridgehead atoms. The van der Waals surface area contributed by atoms with Crippen LogP contribution in [-0.4, -0.2) is 33.1 Å². The Labute approximate surface area is 152 Å². The first kappa shape index (κ1) is 19.1. The average molecular weight is 358 g/mol. The summed E-state index contributed by atoms with van der Waals surface area (Å²) < 4.78 is 15.9. The zero-order valence-corrected chi connectivity index (χ0v) is 15.2. The maximum atomic E-state index is 12.4. The average Bonchev–Trinajstić information content (AvgIpc) is 2.64. The van der Waals surface area contributed by atoms with Crippen molar-refractivity contribution in [3.05, 3.63) is 47.5 Å². The number of nitrogens with one attached hydrogen (secondary N) is 2. The van der Waals surface area contributed by atoms with E-state index in [-0.39, 0.29) is 18.4 Å². The van der Waals surface area contributed by atoms with Gasteiger partial charge in [0, 0.05) is 36.3 Å². The molecule has 0 aliphatic carbocycles. The first-order valence-electron chi connectivity index (χ1n) is 7.93. The fraction of sp³-hybridized carbons (Fsp3) is 0.263. The third-order valence-corrected chi connectivity index (χ3v) is 3.67. The number of hydrogen-bond acceptors (Lipinski definition) is 5. The fourth-order valence-electron chi connectivity index (χ4n) is 2.45. The van der Waals surface area contributed by atoms with Crippen LogP contribution >= 0.6 is 0 Å². The molecule has 0 aliphatic heterocycles. The number of ether oxygens (including phenoxy) is 3. The normalized spacial score (nSPS) is 10.0. The topological polar surface area (TPSA) is 85.9 Å². The van der Waals surface area contributed by atoms with Crippen LogP contribution in [0.2, 0.25) is 0 Å². The molecule has 2 rings (SSSR count). The van der Waals surface area contributed by atoms with E-state index in [9.17, 15) is 9.59 Å². The van der Waals surface area contributed by atoms with Crippen LogP contribution in [0.15, 0.2) is 36.4 Å². The van der Waals surface area contributed by atoms with E-state index < -0.39 is 0 Å². The molecule has 0 heterocycles. The van der Waals surface area contributed by atoms with Crippen molar-refractivity contribution in [1.82, 2.24) is 5.32 Å². The minimum Gasteiger partial charge on any atom is -0.496 e. The van der Waals surface area contributed by atoms with Gasteiger partial charge in [-0.2, -0.15) is 0 Å². The highest BCUT2D eigenvalue weighted by Crippen LogP contribution is 2.34. The molecule has 2 amide bonds. The van der Waals surface area contributed by atoms with Gasteiger partial charge in [0.15, 0.2) is 11.5 Å². The van der Waals surface area contributed by atoms with Crippen LogP contribution < -0.4 is 24.8 Å². The van der Waals surface area contributed by atoms with Crippen LogP contribution in [0.4, 0.5) is 5.69 Å². The van der Waals surface area contributed by atoms with Gasteiger partial charge in [0.2, 0.25) is 5.91 Å². The van der Waals surface area contributed by atoms with Crippen LogP contribution in [0.3, 0.4) is 0 Å². The third kappa shape index (κ3) is 4.66. The molecule has 0 saturated heterocycles. The van der Waals surface area contributed by atoms with Crippen LogP contribution in [0.1, 0.15) is 22.8 Å². The van der Waals surface area contributed by atoms with Crippen molar-refractivity contribution >= 4 is 17.5 Å². The molecule has 0 saturated carbocycles. The zero-order chi connectivity index (χ0) is 19.1. The molecule has 0 aliphatic rings. The van der Waals surface area contributed by atoms with E-state index in [1.165, 1.54) is 6.92 Å². The lowest BCUT2D eigenvalue weighted by Crippen LogP contribution is -2.23. The number of methoxy groups -OCH3 is 3. The molecular formula is C19H22N2O5. The van der Waals surface area contributed by atoms with Gasteiger partial charge in [-0.05, 0) is 24.3 Å². The highest BCUT2D eigenvalue weighted by Gasteiger charge is 2.13. The van der Waals surface area contributed by atoms with Gasteiger partial charge >= 0.3 is 0 Å². The summed E-state index contributed by atoms with van der Waals surface area (Å²) in [6.45, 7) is 1.66. The van der Waals surface area contributed by atoms with Crippen LogP contribution in [-0.2, 0) is 11.3 Å². The second-order valence-corrected chi connectivity index (χ2v) is 5.46. The van der Waals surface area contributed by atoms with Crippen molar-refractivity contribution in [1.29, 1.82) is 0 Å². The largest absolute Gasteiger partial charge is 0.496 e. The molecule has 2 aromatic carbocycles. The summed E-state index contributed by atoms with van der Waals surface area (Å²) in [7, 11) is 4.63. The van der Waals surface area contributed by atoms with Gasteiger partial charge in [0.05, 0.1) is 21.3 Å². The second kappa shape index (κ2) is 8.75. The molecule has 2 aromatic rings. The molecular weight excluding hydrogens is 336 g/mol. The number of amides is 2. The summed E-state index contributed by atoms with van der Waals surface area (Å²) >= 11 is 0. The van der Waals surface area contributed by atoms with Gasteiger partial charge in [-0.15, -0.1) is 0 Å². The minimum absolute atomic E-state index is 0.197. The molecule has 7 heteroatoms.